The Balaban J connectivity index is 0. The molecule has 0 spiro atoms. The molecule has 0 radical (unpaired) electrons. The monoisotopic (exact) mass is 194 g/mol. The maximum Gasteiger partial charge on any atom is 0 e. The van der Waals surface area contributed by atoms with E-state index in [0.717, 1.165) is 0 Å². The summed E-state index contributed by atoms with van der Waals surface area (Å²) < 4.78 is 0. The van der Waals surface area contributed by atoms with Gasteiger partial charge in [-0.05, 0) is 0 Å². The van der Waals surface area contributed by atoms with Crippen molar-refractivity contribution < 1.29 is 55.4 Å². The molecule has 4 heteroatoms. The fourth-order valence-corrected chi connectivity index (χ4v) is 0. The first-order valence-corrected chi connectivity index (χ1v) is 0. The van der Waals surface area contributed by atoms with Crippen LogP contribution in [0.2, 0.25) is 0 Å². The quantitative estimate of drug-likeness (QED) is 0.453. The maximum absolute atomic E-state index is 0. The van der Waals surface area contributed by atoms with Crippen LogP contribution in [0.4, 0.5) is 0 Å². The van der Waals surface area contributed by atoms with Gasteiger partial charge in [0, 0.05) is 55.4 Å². The second kappa shape index (κ2) is 18.4. The standard InChI is InChI=1S/Li.Ni.2Zn.H. The number of hydrogen-bond donors (Lipinski definition) is 0. The molecule has 0 atom stereocenters. The third-order valence-electron chi connectivity index (χ3n) is 0. The molecule has 0 aromatic carbocycles. The summed E-state index contributed by atoms with van der Waals surface area (Å²) >= 11 is 0. The van der Waals surface area contributed by atoms with E-state index in [0.29, 0.717) is 0 Å². The van der Waals surface area contributed by atoms with Crippen molar-refractivity contribution in [3.63, 3.8) is 0 Å². The van der Waals surface area contributed by atoms with Crippen LogP contribution < -0.4 is 0 Å². The molecule has 0 unspecified atom stereocenters. The Morgan fingerprint density at radius 3 is 0.750 bits per heavy atom. The minimum Gasteiger partial charge on any atom is 0 e. The van der Waals surface area contributed by atoms with Crippen LogP contribution in [0.5, 0.6) is 0 Å². The second-order valence-corrected chi connectivity index (χ2v) is 0. The summed E-state index contributed by atoms with van der Waals surface area (Å²) in [5.41, 5.74) is 0. The first-order valence-electron chi connectivity index (χ1n) is 0. The molecule has 0 aliphatic carbocycles. The normalized spacial score (nSPS) is 0. The molecule has 0 aromatic heterocycles. The molecule has 4 heavy (non-hydrogen) atoms. The average molecular weight is 197 g/mol. The minimum atomic E-state index is 0. The van der Waals surface area contributed by atoms with Gasteiger partial charge in [-0.3, -0.25) is 0 Å². The molecular formula is HLiNiZn2. The Morgan fingerprint density at radius 1 is 0.750 bits per heavy atom. The van der Waals surface area contributed by atoms with Crippen LogP contribution in [0.1, 0.15) is 0 Å². The zero-order chi connectivity index (χ0) is 0. The van der Waals surface area contributed by atoms with Crippen molar-refractivity contribution in [2.45, 2.75) is 0 Å². The van der Waals surface area contributed by atoms with Crippen LogP contribution in [-0.4, -0.2) is 18.9 Å². The van der Waals surface area contributed by atoms with Crippen molar-refractivity contribution >= 4 is 18.9 Å². The molecule has 0 amide bonds. The zero-order valence-electron chi connectivity index (χ0n) is 1.73. The molecule has 0 heterocycles. The summed E-state index contributed by atoms with van der Waals surface area (Å²) in [6, 6.07) is 0. The minimum absolute atomic E-state index is 0. The van der Waals surface area contributed by atoms with Crippen molar-refractivity contribution in [1.29, 1.82) is 0 Å². The van der Waals surface area contributed by atoms with Gasteiger partial charge in [0.15, 0.2) is 0 Å². The molecule has 0 bridgehead atoms. The van der Waals surface area contributed by atoms with E-state index in [9.17, 15) is 0 Å². The van der Waals surface area contributed by atoms with E-state index in [2.05, 4.69) is 0 Å². The van der Waals surface area contributed by atoms with Gasteiger partial charge in [-0.2, -0.15) is 0 Å². The molecule has 0 aromatic rings. The molecule has 0 nitrogen and oxygen atoms in total. The third-order valence-corrected chi connectivity index (χ3v) is 0. The van der Waals surface area contributed by atoms with Crippen molar-refractivity contribution in [1.82, 2.24) is 0 Å². The average Bonchev–Trinajstić information content (AvgIpc) is 0. The first-order chi connectivity index (χ1) is 0. The molecule has 0 saturated carbocycles. The number of hydrogen-bond acceptors (Lipinski definition) is 0. The first kappa shape index (κ1) is 33.0. The van der Waals surface area contributed by atoms with Gasteiger partial charge in [0.05, 0.1) is 0 Å². The molecule has 0 fully saturated rings. The molecule has 0 aliphatic rings. The smallest absolute Gasteiger partial charge is 0 e. The molecule has 16 valence electrons. The van der Waals surface area contributed by atoms with Crippen molar-refractivity contribution in [2.24, 2.45) is 0 Å². The van der Waals surface area contributed by atoms with Gasteiger partial charge in [-0.1, -0.05) is 0 Å². The summed E-state index contributed by atoms with van der Waals surface area (Å²) in [6.07, 6.45) is 0. The van der Waals surface area contributed by atoms with E-state index >= 15 is 0 Å². The predicted molar refractivity (Wildman–Crippen MR) is 7.15 cm³/mol. The van der Waals surface area contributed by atoms with E-state index in [1.54, 1.807) is 0 Å². The van der Waals surface area contributed by atoms with E-state index in [1.807, 2.05) is 0 Å². The maximum atomic E-state index is 0. The summed E-state index contributed by atoms with van der Waals surface area (Å²) in [6.45, 7) is 0. The summed E-state index contributed by atoms with van der Waals surface area (Å²) in [7, 11) is 0. The van der Waals surface area contributed by atoms with Gasteiger partial charge in [-0.25, -0.2) is 0 Å². The van der Waals surface area contributed by atoms with Gasteiger partial charge in [0.2, 0.25) is 0 Å². The molecule has 0 saturated heterocycles. The Bertz CT molecular complexity index is 6.00. The van der Waals surface area contributed by atoms with Gasteiger partial charge < -0.3 is 0 Å². The fourth-order valence-electron chi connectivity index (χ4n) is 0. The Morgan fingerprint density at radius 2 is 0.750 bits per heavy atom. The van der Waals surface area contributed by atoms with E-state index in [4.69, 9.17) is 0 Å². The van der Waals surface area contributed by atoms with E-state index in [1.165, 1.54) is 0 Å². The van der Waals surface area contributed by atoms with Crippen LogP contribution in [0, 0.1) is 0 Å². The Kier molecular flexibility index (Phi) is 152. The van der Waals surface area contributed by atoms with Gasteiger partial charge in [0.25, 0.3) is 0 Å². The largest absolute Gasteiger partial charge is 0 e. The second-order valence-electron chi connectivity index (χ2n) is 0. The fraction of sp³-hybridized carbons (Fsp3) is 0. The van der Waals surface area contributed by atoms with Crippen LogP contribution >= 0.6 is 0 Å². The van der Waals surface area contributed by atoms with E-state index < -0.39 is 0 Å². The Labute approximate surface area is 73.5 Å². The van der Waals surface area contributed by atoms with Crippen LogP contribution in [0.3, 0.4) is 0 Å². The SMILES string of the molecule is [LiH].[Ni].[Zn].[Zn]. The topological polar surface area (TPSA) is 0 Å². The predicted octanol–water partition coefficient (Wildman–Crippen LogP) is -0.656. The van der Waals surface area contributed by atoms with Crippen molar-refractivity contribution in [3.8, 4) is 0 Å². The Hall–Kier alpha value is 2.34. The molecule has 0 aliphatic heterocycles. The zero-order valence-corrected chi connectivity index (χ0v) is 8.65. The van der Waals surface area contributed by atoms with Gasteiger partial charge >= 0.3 is 18.9 Å². The van der Waals surface area contributed by atoms with Gasteiger partial charge in [0.1, 0.15) is 0 Å². The summed E-state index contributed by atoms with van der Waals surface area (Å²) in [5.74, 6) is 0. The van der Waals surface area contributed by atoms with Crippen molar-refractivity contribution in [2.75, 3.05) is 0 Å². The number of rotatable bonds is 0. The molecular weight excluding hydrogens is 196 g/mol. The molecule has 0 rings (SSSR count). The van der Waals surface area contributed by atoms with Crippen LogP contribution in [0.25, 0.3) is 0 Å². The van der Waals surface area contributed by atoms with E-state index in [-0.39, 0.29) is 74.3 Å². The van der Waals surface area contributed by atoms with Crippen LogP contribution in [0.15, 0.2) is 0 Å². The molecule has 0 N–H and O–H groups in total. The summed E-state index contributed by atoms with van der Waals surface area (Å²) in [5, 5.41) is 0. The van der Waals surface area contributed by atoms with Crippen LogP contribution in [-0.2, 0) is 55.4 Å². The summed E-state index contributed by atoms with van der Waals surface area (Å²) in [4.78, 5) is 0. The van der Waals surface area contributed by atoms with Crippen molar-refractivity contribution in [3.05, 3.63) is 0 Å². The third kappa shape index (κ3) is 8.84. The van der Waals surface area contributed by atoms with Gasteiger partial charge in [-0.15, -0.1) is 0 Å².